The van der Waals surface area contributed by atoms with Crippen LogP contribution in [0.4, 0.5) is 10.5 Å². The molecule has 3 rings (SSSR count). The Morgan fingerprint density at radius 2 is 1.70 bits per heavy atom. The molecule has 0 radical (unpaired) electrons. The second kappa shape index (κ2) is 9.88. The van der Waals surface area contributed by atoms with E-state index < -0.39 is 0 Å². The number of urea groups is 1. The fourth-order valence-electron chi connectivity index (χ4n) is 3.15. The molecule has 3 aromatic rings. The largest absolute Gasteiger partial charge is 0.497 e. The molecule has 0 fully saturated rings. The van der Waals surface area contributed by atoms with Crippen LogP contribution in [0.25, 0.3) is 0 Å². The first-order chi connectivity index (χ1) is 14.4. The van der Waals surface area contributed by atoms with Gasteiger partial charge in [0, 0.05) is 28.8 Å². The van der Waals surface area contributed by atoms with Gasteiger partial charge in [-0.1, -0.05) is 59.1 Å². The second-order valence-electron chi connectivity index (χ2n) is 7.19. The summed E-state index contributed by atoms with van der Waals surface area (Å²) in [5, 5.41) is 4.11. The summed E-state index contributed by atoms with van der Waals surface area (Å²) in [6.07, 6.45) is 0. The molecule has 0 aromatic heterocycles. The first-order valence-corrected chi connectivity index (χ1v) is 10.3. The fraction of sp³-hybridized carbons (Fsp3) is 0.208. The molecule has 0 saturated heterocycles. The molecule has 1 N–H and O–H groups in total. The minimum absolute atomic E-state index is 0.205. The topological polar surface area (TPSA) is 41.6 Å². The second-order valence-corrected chi connectivity index (χ2v) is 8.03. The van der Waals surface area contributed by atoms with Crippen molar-refractivity contribution in [1.82, 2.24) is 4.90 Å². The number of ether oxygens (including phenoxy) is 1. The lowest BCUT2D eigenvalue weighted by molar-refractivity contribution is 0.206. The van der Waals surface area contributed by atoms with E-state index in [0.717, 1.165) is 33.7 Å². The molecule has 2 amide bonds. The van der Waals surface area contributed by atoms with Crippen molar-refractivity contribution in [3.63, 3.8) is 0 Å². The smallest absolute Gasteiger partial charge is 0.322 e. The van der Waals surface area contributed by atoms with Crippen LogP contribution >= 0.6 is 23.2 Å². The zero-order valence-electron chi connectivity index (χ0n) is 17.2. The van der Waals surface area contributed by atoms with E-state index in [1.807, 2.05) is 62.4 Å². The van der Waals surface area contributed by atoms with E-state index >= 15 is 0 Å². The van der Waals surface area contributed by atoms with Gasteiger partial charge in [0.15, 0.2) is 0 Å². The highest BCUT2D eigenvalue weighted by Gasteiger charge is 2.17. The molecule has 0 aliphatic rings. The molecular weight excluding hydrogens is 419 g/mol. The molecule has 0 atom stereocenters. The average Bonchev–Trinajstić information content (AvgIpc) is 2.72. The van der Waals surface area contributed by atoms with Gasteiger partial charge in [-0.15, -0.1) is 0 Å². The van der Waals surface area contributed by atoms with E-state index in [1.165, 1.54) is 0 Å². The van der Waals surface area contributed by atoms with E-state index in [4.69, 9.17) is 27.9 Å². The molecule has 6 heteroatoms. The van der Waals surface area contributed by atoms with E-state index in [0.29, 0.717) is 23.1 Å². The number of halogens is 2. The molecule has 4 nitrogen and oxygen atoms in total. The first kappa shape index (κ1) is 22.0. The predicted octanol–water partition coefficient (Wildman–Crippen LogP) is 6.85. The molecule has 0 saturated carbocycles. The van der Waals surface area contributed by atoms with E-state index in [9.17, 15) is 4.79 Å². The number of methoxy groups -OCH3 is 1. The van der Waals surface area contributed by atoms with Crippen LogP contribution < -0.4 is 10.1 Å². The van der Waals surface area contributed by atoms with Crippen LogP contribution in [-0.2, 0) is 13.1 Å². The lowest BCUT2D eigenvalue weighted by atomic mass is 10.1. The van der Waals surface area contributed by atoms with Crippen molar-refractivity contribution >= 4 is 34.9 Å². The van der Waals surface area contributed by atoms with Crippen LogP contribution in [0.3, 0.4) is 0 Å². The fourth-order valence-corrected chi connectivity index (χ4v) is 3.62. The van der Waals surface area contributed by atoms with Gasteiger partial charge in [0.2, 0.25) is 0 Å². The van der Waals surface area contributed by atoms with Gasteiger partial charge in [0.25, 0.3) is 0 Å². The van der Waals surface area contributed by atoms with Crippen LogP contribution in [0.5, 0.6) is 5.75 Å². The summed E-state index contributed by atoms with van der Waals surface area (Å²) in [7, 11) is 1.63. The third kappa shape index (κ3) is 5.68. The van der Waals surface area contributed by atoms with Gasteiger partial charge in [-0.3, -0.25) is 0 Å². The Morgan fingerprint density at radius 1 is 0.967 bits per heavy atom. The summed E-state index contributed by atoms with van der Waals surface area (Å²) in [5.41, 5.74) is 4.75. The summed E-state index contributed by atoms with van der Waals surface area (Å²) in [4.78, 5) is 14.9. The van der Waals surface area contributed by atoms with Gasteiger partial charge in [0.05, 0.1) is 7.11 Å². The number of benzene rings is 3. The van der Waals surface area contributed by atoms with Gasteiger partial charge >= 0.3 is 6.03 Å². The van der Waals surface area contributed by atoms with Crippen LogP contribution in [0.15, 0.2) is 60.7 Å². The van der Waals surface area contributed by atoms with Gasteiger partial charge in [0.1, 0.15) is 5.75 Å². The lowest BCUT2D eigenvalue weighted by Gasteiger charge is -2.24. The highest BCUT2D eigenvalue weighted by molar-refractivity contribution is 6.35. The number of amides is 2. The van der Waals surface area contributed by atoms with E-state index in [-0.39, 0.29) is 6.03 Å². The third-order valence-electron chi connectivity index (χ3n) is 4.82. The van der Waals surface area contributed by atoms with Crippen molar-refractivity contribution in [3.8, 4) is 5.75 Å². The summed E-state index contributed by atoms with van der Waals surface area (Å²) in [6, 6.07) is 18.7. The third-order valence-corrected chi connectivity index (χ3v) is 5.41. The van der Waals surface area contributed by atoms with E-state index in [2.05, 4.69) is 5.32 Å². The minimum atomic E-state index is -0.205. The lowest BCUT2D eigenvalue weighted by Crippen LogP contribution is -2.34. The SMILES string of the molecule is COc1ccc(CN(Cc2ccc(Cl)cc2Cl)C(=O)Nc2ccc(C)cc2C)cc1. The average molecular weight is 443 g/mol. The zero-order valence-corrected chi connectivity index (χ0v) is 18.7. The van der Waals surface area contributed by atoms with Crippen LogP contribution in [0.2, 0.25) is 10.0 Å². The summed E-state index contributed by atoms with van der Waals surface area (Å²) in [6.45, 7) is 4.77. The quantitative estimate of drug-likeness (QED) is 0.453. The van der Waals surface area contributed by atoms with Gasteiger partial charge in [-0.25, -0.2) is 4.79 Å². The molecule has 0 aliphatic carbocycles. The monoisotopic (exact) mass is 442 g/mol. The number of carbonyl (C=O) groups is 1. The zero-order chi connectivity index (χ0) is 21.7. The summed E-state index contributed by atoms with van der Waals surface area (Å²) < 4.78 is 5.22. The maximum absolute atomic E-state index is 13.2. The highest BCUT2D eigenvalue weighted by atomic mass is 35.5. The van der Waals surface area contributed by atoms with Crippen molar-refractivity contribution in [2.45, 2.75) is 26.9 Å². The number of nitrogens with one attached hydrogen (secondary N) is 1. The molecule has 0 heterocycles. The number of aryl methyl sites for hydroxylation is 2. The van der Waals surface area contributed by atoms with Crippen LogP contribution in [-0.4, -0.2) is 18.0 Å². The Labute approximate surface area is 187 Å². The number of carbonyl (C=O) groups excluding carboxylic acids is 1. The Bertz CT molecular complexity index is 1040. The maximum Gasteiger partial charge on any atom is 0.322 e. The molecule has 0 aliphatic heterocycles. The minimum Gasteiger partial charge on any atom is -0.497 e. The van der Waals surface area contributed by atoms with Crippen molar-refractivity contribution in [2.75, 3.05) is 12.4 Å². The van der Waals surface area contributed by atoms with Crippen molar-refractivity contribution < 1.29 is 9.53 Å². The molecule has 0 bridgehead atoms. The molecular formula is C24H24Cl2N2O2. The number of nitrogens with zero attached hydrogens (tertiary/aromatic N) is 1. The molecule has 156 valence electrons. The van der Waals surface area contributed by atoms with Gasteiger partial charge < -0.3 is 15.0 Å². The normalized spacial score (nSPS) is 10.6. The molecule has 3 aromatic carbocycles. The van der Waals surface area contributed by atoms with Crippen LogP contribution in [0, 0.1) is 13.8 Å². The molecule has 0 spiro atoms. The Hall–Kier alpha value is -2.69. The number of hydrogen-bond acceptors (Lipinski definition) is 2. The standard InChI is InChI=1S/C24H24Cl2N2O2/c1-16-4-11-23(17(2)12-16)27-24(29)28(14-18-5-9-21(30-3)10-6-18)15-19-7-8-20(25)13-22(19)26/h4-13H,14-15H2,1-3H3,(H,27,29). The number of anilines is 1. The Morgan fingerprint density at radius 3 is 2.33 bits per heavy atom. The number of rotatable bonds is 6. The van der Waals surface area contributed by atoms with Crippen molar-refractivity contribution in [3.05, 3.63) is 93.0 Å². The predicted molar refractivity (Wildman–Crippen MR) is 124 cm³/mol. The number of hydrogen-bond donors (Lipinski definition) is 1. The Kier molecular flexibility index (Phi) is 7.24. The van der Waals surface area contributed by atoms with Crippen molar-refractivity contribution in [1.29, 1.82) is 0 Å². The van der Waals surface area contributed by atoms with Crippen LogP contribution in [0.1, 0.15) is 22.3 Å². The van der Waals surface area contributed by atoms with E-state index in [1.54, 1.807) is 24.1 Å². The van der Waals surface area contributed by atoms with Crippen molar-refractivity contribution in [2.24, 2.45) is 0 Å². The van der Waals surface area contributed by atoms with Gasteiger partial charge in [-0.2, -0.15) is 0 Å². The summed E-state index contributed by atoms with van der Waals surface area (Å²) >= 11 is 12.4. The first-order valence-electron chi connectivity index (χ1n) is 9.56. The molecule has 0 unspecified atom stereocenters. The summed E-state index contributed by atoms with van der Waals surface area (Å²) in [5.74, 6) is 0.769. The highest BCUT2D eigenvalue weighted by Crippen LogP contribution is 2.24. The Balaban J connectivity index is 1.85. The molecule has 30 heavy (non-hydrogen) atoms. The van der Waals surface area contributed by atoms with Gasteiger partial charge in [-0.05, 0) is 60.9 Å². The maximum atomic E-state index is 13.2.